The molecule has 1 fully saturated rings. The van der Waals surface area contributed by atoms with Crippen LogP contribution in [0.25, 0.3) is 0 Å². The topological polar surface area (TPSA) is 21.3 Å². The van der Waals surface area contributed by atoms with Gasteiger partial charge in [0.2, 0.25) is 0 Å². The monoisotopic (exact) mass is 311 g/mol. The van der Waals surface area contributed by atoms with E-state index in [1.54, 1.807) is 7.11 Å². The quantitative estimate of drug-likeness (QED) is 0.888. The smallest absolute Gasteiger partial charge is 0.119 e. The van der Waals surface area contributed by atoms with Crippen LogP contribution >= 0.6 is 23.5 Å². The zero-order valence-corrected chi connectivity index (χ0v) is 14.4. The second kappa shape index (κ2) is 7.62. The molecule has 20 heavy (non-hydrogen) atoms. The lowest BCUT2D eigenvalue weighted by atomic mass is 10.0. The molecule has 1 heterocycles. The average Bonchev–Trinajstić information content (AvgIpc) is 2.48. The summed E-state index contributed by atoms with van der Waals surface area (Å²) in [4.78, 5) is 0. The van der Waals surface area contributed by atoms with Crippen molar-refractivity contribution in [3.63, 3.8) is 0 Å². The molecule has 0 saturated carbocycles. The number of hydrogen-bond acceptors (Lipinski definition) is 4. The molecule has 0 aromatic heterocycles. The largest absolute Gasteiger partial charge is 0.497 e. The molecule has 2 rings (SSSR count). The van der Waals surface area contributed by atoms with Crippen LogP contribution in [0.4, 0.5) is 0 Å². The number of methoxy groups -OCH3 is 1. The second-order valence-corrected chi connectivity index (χ2v) is 8.26. The predicted molar refractivity (Wildman–Crippen MR) is 92.2 cm³/mol. The minimum Gasteiger partial charge on any atom is -0.497 e. The SMILES string of the molecule is CCNC(c1cccc(OC)c1)C1CSC(C)C(C)S1. The van der Waals surface area contributed by atoms with E-state index in [1.807, 2.05) is 6.07 Å². The summed E-state index contributed by atoms with van der Waals surface area (Å²) < 4.78 is 5.37. The van der Waals surface area contributed by atoms with Crippen LogP contribution < -0.4 is 10.1 Å². The van der Waals surface area contributed by atoms with Crippen LogP contribution in [-0.2, 0) is 0 Å². The van der Waals surface area contributed by atoms with Crippen LogP contribution in [0.15, 0.2) is 24.3 Å². The molecule has 1 saturated heterocycles. The second-order valence-electron chi connectivity index (χ2n) is 5.23. The van der Waals surface area contributed by atoms with E-state index in [2.05, 4.69) is 67.8 Å². The fraction of sp³-hybridized carbons (Fsp3) is 0.625. The maximum atomic E-state index is 5.37. The van der Waals surface area contributed by atoms with E-state index in [4.69, 9.17) is 4.74 Å². The van der Waals surface area contributed by atoms with Gasteiger partial charge in [0.05, 0.1) is 7.11 Å². The van der Waals surface area contributed by atoms with Gasteiger partial charge in [0.15, 0.2) is 0 Å². The third-order valence-electron chi connectivity index (χ3n) is 3.82. The Morgan fingerprint density at radius 2 is 2.15 bits per heavy atom. The highest BCUT2D eigenvalue weighted by Gasteiger charge is 2.31. The van der Waals surface area contributed by atoms with E-state index in [0.717, 1.165) is 17.5 Å². The van der Waals surface area contributed by atoms with E-state index in [9.17, 15) is 0 Å². The number of rotatable bonds is 5. The first-order chi connectivity index (χ1) is 9.65. The summed E-state index contributed by atoms with van der Waals surface area (Å²) in [7, 11) is 1.73. The van der Waals surface area contributed by atoms with Crippen LogP contribution in [0, 0.1) is 0 Å². The summed E-state index contributed by atoms with van der Waals surface area (Å²) in [6.07, 6.45) is 0. The van der Waals surface area contributed by atoms with Crippen LogP contribution in [0.5, 0.6) is 5.75 Å². The number of hydrogen-bond donors (Lipinski definition) is 1. The normalized spacial score (nSPS) is 28.1. The summed E-state index contributed by atoms with van der Waals surface area (Å²) in [6.45, 7) is 7.86. The van der Waals surface area contributed by atoms with Crippen molar-refractivity contribution in [2.24, 2.45) is 0 Å². The van der Waals surface area contributed by atoms with Crippen LogP contribution in [0.3, 0.4) is 0 Å². The third kappa shape index (κ3) is 3.86. The molecule has 0 aliphatic carbocycles. The van der Waals surface area contributed by atoms with E-state index in [-0.39, 0.29) is 0 Å². The number of nitrogens with one attached hydrogen (secondary N) is 1. The van der Waals surface area contributed by atoms with Gasteiger partial charge < -0.3 is 10.1 Å². The van der Waals surface area contributed by atoms with Crippen LogP contribution in [-0.4, -0.2) is 35.2 Å². The molecule has 4 heteroatoms. The highest BCUT2D eigenvalue weighted by Crippen LogP contribution is 2.41. The maximum absolute atomic E-state index is 5.37. The standard InChI is InChI=1S/C16H25NOS2/c1-5-17-16(13-7-6-8-14(9-13)18-4)15-10-19-11(2)12(3)20-15/h6-9,11-12,15-17H,5,10H2,1-4H3. The summed E-state index contributed by atoms with van der Waals surface area (Å²) in [5.74, 6) is 2.16. The van der Waals surface area contributed by atoms with Crippen molar-refractivity contribution in [1.82, 2.24) is 5.32 Å². The Morgan fingerprint density at radius 3 is 2.80 bits per heavy atom. The first kappa shape index (κ1) is 16.1. The van der Waals surface area contributed by atoms with Gasteiger partial charge in [0.25, 0.3) is 0 Å². The van der Waals surface area contributed by atoms with Crippen LogP contribution in [0.1, 0.15) is 32.4 Å². The summed E-state index contributed by atoms with van der Waals surface area (Å²) in [6, 6.07) is 8.89. The van der Waals surface area contributed by atoms with E-state index >= 15 is 0 Å². The molecule has 112 valence electrons. The van der Waals surface area contributed by atoms with E-state index in [1.165, 1.54) is 11.3 Å². The van der Waals surface area contributed by atoms with Gasteiger partial charge in [-0.25, -0.2) is 0 Å². The zero-order valence-electron chi connectivity index (χ0n) is 12.8. The maximum Gasteiger partial charge on any atom is 0.119 e. The Bertz CT molecular complexity index is 427. The third-order valence-corrected chi connectivity index (χ3v) is 7.32. The summed E-state index contributed by atoms with van der Waals surface area (Å²) in [5.41, 5.74) is 1.34. The Labute approximate surface area is 131 Å². The minimum atomic E-state index is 0.405. The van der Waals surface area contributed by atoms with Gasteiger partial charge in [-0.2, -0.15) is 23.5 Å². The Morgan fingerprint density at radius 1 is 1.35 bits per heavy atom. The molecular weight excluding hydrogens is 286 g/mol. The first-order valence-corrected chi connectivity index (χ1v) is 9.29. The van der Waals surface area contributed by atoms with Gasteiger partial charge in [-0.3, -0.25) is 0 Å². The van der Waals surface area contributed by atoms with Gasteiger partial charge >= 0.3 is 0 Å². The molecule has 0 radical (unpaired) electrons. The highest BCUT2D eigenvalue weighted by molar-refractivity contribution is 8.07. The van der Waals surface area contributed by atoms with Crippen LogP contribution in [0.2, 0.25) is 0 Å². The van der Waals surface area contributed by atoms with Crippen molar-refractivity contribution in [2.75, 3.05) is 19.4 Å². The molecule has 1 aromatic carbocycles. The zero-order chi connectivity index (χ0) is 14.5. The highest BCUT2D eigenvalue weighted by atomic mass is 32.2. The molecule has 0 amide bonds. The van der Waals surface area contributed by atoms with Crippen molar-refractivity contribution in [1.29, 1.82) is 0 Å². The lowest BCUT2D eigenvalue weighted by Crippen LogP contribution is -2.37. The first-order valence-electron chi connectivity index (χ1n) is 7.30. The van der Waals surface area contributed by atoms with Crippen molar-refractivity contribution in [3.8, 4) is 5.75 Å². The summed E-state index contributed by atoms with van der Waals surface area (Å²) >= 11 is 4.23. The van der Waals surface area contributed by atoms with Gasteiger partial charge in [0, 0.05) is 27.5 Å². The molecule has 2 nitrogen and oxygen atoms in total. The minimum absolute atomic E-state index is 0.405. The lowest BCUT2D eigenvalue weighted by Gasteiger charge is -2.36. The predicted octanol–water partition coefficient (Wildman–Crippen LogP) is 3.97. The molecule has 1 aliphatic rings. The average molecular weight is 312 g/mol. The molecule has 1 N–H and O–H groups in total. The number of ether oxygens (including phenoxy) is 1. The molecule has 4 unspecified atom stereocenters. The van der Waals surface area contributed by atoms with Gasteiger partial charge in [-0.1, -0.05) is 32.9 Å². The molecule has 1 aliphatic heterocycles. The fourth-order valence-electron chi connectivity index (χ4n) is 2.50. The van der Waals surface area contributed by atoms with E-state index in [0.29, 0.717) is 16.5 Å². The number of benzene rings is 1. The molecule has 0 spiro atoms. The Hall–Kier alpha value is -0.320. The summed E-state index contributed by atoms with van der Waals surface area (Å²) in [5, 5.41) is 5.76. The van der Waals surface area contributed by atoms with Gasteiger partial charge in [0.1, 0.15) is 5.75 Å². The molecule has 0 bridgehead atoms. The molecule has 4 atom stereocenters. The van der Waals surface area contributed by atoms with Gasteiger partial charge in [-0.05, 0) is 24.2 Å². The van der Waals surface area contributed by atoms with Crippen molar-refractivity contribution < 1.29 is 4.74 Å². The van der Waals surface area contributed by atoms with Crippen molar-refractivity contribution in [2.45, 2.75) is 42.6 Å². The Kier molecular flexibility index (Phi) is 6.12. The molecule has 1 aromatic rings. The van der Waals surface area contributed by atoms with Crippen molar-refractivity contribution >= 4 is 23.5 Å². The lowest BCUT2D eigenvalue weighted by molar-refractivity contribution is 0.413. The van der Waals surface area contributed by atoms with Crippen molar-refractivity contribution in [3.05, 3.63) is 29.8 Å². The molecular formula is C16H25NOS2. The Balaban J connectivity index is 2.17. The number of thioether (sulfide) groups is 2. The fourth-order valence-corrected chi connectivity index (χ4v) is 5.62. The van der Waals surface area contributed by atoms with E-state index < -0.39 is 0 Å². The van der Waals surface area contributed by atoms with Gasteiger partial charge in [-0.15, -0.1) is 0 Å².